The molecule has 0 unspecified atom stereocenters. The number of piperazine rings is 1. The first-order valence-electron chi connectivity index (χ1n) is 17.1. The number of carboxylic acid groups (broad SMARTS) is 1. The third-order valence-electron chi connectivity index (χ3n) is 9.17. The van der Waals surface area contributed by atoms with Gasteiger partial charge in [0.15, 0.2) is 11.5 Å². The molecule has 0 aliphatic carbocycles. The van der Waals surface area contributed by atoms with Crippen LogP contribution >= 0.6 is 24.0 Å². The van der Waals surface area contributed by atoms with Gasteiger partial charge < -0.3 is 19.5 Å². The molecule has 5 heterocycles. The largest absolute Gasteiger partial charge is 0.481 e. The van der Waals surface area contributed by atoms with Gasteiger partial charge in [0.1, 0.15) is 15.8 Å². The number of ether oxygens (including phenoxy) is 2. The molecule has 2 saturated heterocycles. The van der Waals surface area contributed by atoms with Gasteiger partial charge in [-0.3, -0.25) is 28.6 Å². The predicted molar refractivity (Wildman–Crippen MR) is 195 cm³/mol. The lowest BCUT2D eigenvalue weighted by atomic mass is 10.1. The summed E-state index contributed by atoms with van der Waals surface area (Å²) in [7, 11) is 0. The van der Waals surface area contributed by atoms with Gasteiger partial charge in [0.25, 0.3) is 11.5 Å². The van der Waals surface area contributed by atoms with Crippen LogP contribution in [0.25, 0.3) is 11.7 Å². The second kappa shape index (κ2) is 16.2. The van der Waals surface area contributed by atoms with Crippen LogP contribution in [0.1, 0.15) is 74.5 Å². The Morgan fingerprint density at radius 3 is 2.43 bits per heavy atom. The highest BCUT2D eigenvalue weighted by molar-refractivity contribution is 8.26. The molecule has 6 rings (SSSR count). The fraction of sp³-hybridized carbons (Fsp3) is 0.472. The maximum atomic E-state index is 14.0. The summed E-state index contributed by atoms with van der Waals surface area (Å²) in [5.41, 5.74) is 2.86. The Kier molecular flexibility index (Phi) is 11.5. The minimum atomic E-state index is -0.730. The minimum absolute atomic E-state index is 0.165. The molecule has 11 nitrogen and oxygen atoms in total. The highest BCUT2D eigenvalue weighted by Crippen LogP contribution is 2.35. The number of aryl methyl sites for hydroxylation is 1. The van der Waals surface area contributed by atoms with Crippen molar-refractivity contribution in [3.63, 3.8) is 0 Å². The predicted octanol–water partition coefficient (Wildman–Crippen LogP) is 5.85. The van der Waals surface area contributed by atoms with Crippen LogP contribution in [0.2, 0.25) is 0 Å². The number of fused-ring (bicyclic) bond motifs is 2. The molecule has 0 atom stereocenters. The van der Waals surface area contributed by atoms with E-state index in [-0.39, 0.29) is 24.7 Å². The van der Waals surface area contributed by atoms with Gasteiger partial charge in [0.05, 0.1) is 10.5 Å². The second-order valence-electron chi connectivity index (χ2n) is 12.8. The van der Waals surface area contributed by atoms with Gasteiger partial charge in [-0.2, -0.15) is 0 Å². The van der Waals surface area contributed by atoms with E-state index in [0.29, 0.717) is 45.9 Å². The molecule has 1 aromatic carbocycles. The van der Waals surface area contributed by atoms with Crippen molar-refractivity contribution in [2.24, 2.45) is 0 Å². The number of unbranched alkanes of at least 4 members (excludes halogenated alkanes) is 7. The molecule has 0 spiro atoms. The van der Waals surface area contributed by atoms with E-state index in [0.717, 1.165) is 93.6 Å². The lowest BCUT2D eigenvalue weighted by Crippen LogP contribution is -2.47. The highest BCUT2D eigenvalue weighted by Gasteiger charge is 2.33. The molecule has 1 amide bonds. The summed E-state index contributed by atoms with van der Waals surface area (Å²) in [5.74, 6) is 1.25. The average molecular weight is 706 g/mol. The molecule has 0 bridgehead atoms. The number of thioether (sulfide) groups is 1. The maximum Gasteiger partial charge on any atom is 0.303 e. The van der Waals surface area contributed by atoms with Crippen LogP contribution in [-0.4, -0.2) is 80.0 Å². The molecule has 49 heavy (non-hydrogen) atoms. The monoisotopic (exact) mass is 705 g/mol. The fourth-order valence-electron chi connectivity index (χ4n) is 6.46. The Morgan fingerprint density at radius 1 is 0.959 bits per heavy atom. The molecule has 2 fully saturated rings. The molecule has 3 aromatic rings. The summed E-state index contributed by atoms with van der Waals surface area (Å²) in [5, 5.41) is 8.75. The second-order valence-corrected chi connectivity index (χ2v) is 14.5. The zero-order valence-corrected chi connectivity index (χ0v) is 29.5. The number of hydrogen-bond donors (Lipinski definition) is 1. The number of pyridine rings is 1. The van der Waals surface area contributed by atoms with Gasteiger partial charge in [-0.25, -0.2) is 4.98 Å². The van der Waals surface area contributed by atoms with Crippen molar-refractivity contribution in [2.45, 2.75) is 71.3 Å². The molecule has 2 aromatic heterocycles. The quantitative estimate of drug-likeness (QED) is 0.117. The molecule has 1 N–H and O–H groups in total. The van der Waals surface area contributed by atoms with Crippen molar-refractivity contribution in [3.05, 3.63) is 68.5 Å². The summed E-state index contributed by atoms with van der Waals surface area (Å²) in [4.78, 5) is 49.8. The third-order valence-corrected chi connectivity index (χ3v) is 10.5. The van der Waals surface area contributed by atoms with E-state index in [1.165, 1.54) is 11.8 Å². The first-order valence-corrected chi connectivity index (χ1v) is 18.4. The number of anilines is 1. The summed E-state index contributed by atoms with van der Waals surface area (Å²) >= 11 is 6.87. The first kappa shape index (κ1) is 34.9. The summed E-state index contributed by atoms with van der Waals surface area (Å²) in [6.45, 7) is 6.46. The van der Waals surface area contributed by atoms with Crippen LogP contribution in [0, 0.1) is 6.92 Å². The Labute approximate surface area is 295 Å². The van der Waals surface area contributed by atoms with Crippen molar-refractivity contribution in [1.29, 1.82) is 0 Å². The molecular formula is C36H43N5O6S2. The van der Waals surface area contributed by atoms with Crippen LogP contribution in [0.5, 0.6) is 11.5 Å². The number of hydrogen-bond acceptors (Lipinski definition) is 10. The Morgan fingerprint density at radius 2 is 1.67 bits per heavy atom. The van der Waals surface area contributed by atoms with E-state index in [4.69, 9.17) is 31.8 Å². The summed E-state index contributed by atoms with van der Waals surface area (Å²) in [6.07, 6.45) is 11.6. The van der Waals surface area contributed by atoms with E-state index < -0.39 is 5.97 Å². The number of thiocarbonyl (C=S) groups is 1. The van der Waals surface area contributed by atoms with Crippen molar-refractivity contribution in [2.75, 3.05) is 44.4 Å². The van der Waals surface area contributed by atoms with Crippen molar-refractivity contribution < 1.29 is 24.2 Å². The number of rotatable bonds is 15. The van der Waals surface area contributed by atoms with Gasteiger partial charge in [-0.15, -0.1) is 0 Å². The lowest BCUT2D eigenvalue weighted by molar-refractivity contribution is -0.137. The molecule has 0 saturated carbocycles. The molecule has 13 heteroatoms. The Bertz CT molecular complexity index is 1800. The number of carbonyl (C=O) groups is 2. The van der Waals surface area contributed by atoms with E-state index >= 15 is 0 Å². The zero-order valence-electron chi connectivity index (χ0n) is 27.9. The fourth-order valence-corrected chi connectivity index (χ4v) is 7.75. The first-order chi connectivity index (χ1) is 23.8. The number of aromatic nitrogens is 2. The van der Waals surface area contributed by atoms with E-state index in [1.54, 1.807) is 21.6 Å². The van der Waals surface area contributed by atoms with Crippen LogP contribution in [0.4, 0.5) is 5.82 Å². The Hall–Kier alpha value is -3.94. The number of aliphatic carboxylic acids is 1. The SMILES string of the molecule is Cc1ccc2nc(N3CCN(Cc4ccc5c(c4)OCO5)CC3)c(C=C3SC(=S)N(CCCCCCCCCCC(=O)O)C3=O)c(=O)n2c1. The van der Waals surface area contributed by atoms with Gasteiger partial charge in [0.2, 0.25) is 6.79 Å². The standard InChI is InChI=1S/C36H43N5O6S2/c1-25-11-14-31-37-33(39-18-16-38(17-19-39)23-26-12-13-28-29(20-26)47-24-46-28)27(34(44)41(31)22-25)21-30-35(45)40(36(48)49-30)15-9-7-5-3-2-4-6-8-10-32(42)43/h11-14,20-22H,2-10,15-19,23-24H2,1H3,(H,42,43). The normalized spacial score (nSPS) is 17.2. The van der Waals surface area contributed by atoms with E-state index in [2.05, 4.69) is 15.9 Å². The van der Waals surface area contributed by atoms with Crippen LogP contribution in [-0.2, 0) is 16.1 Å². The lowest BCUT2D eigenvalue weighted by Gasteiger charge is -2.36. The molecule has 260 valence electrons. The molecule has 3 aliphatic rings. The van der Waals surface area contributed by atoms with Crippen LogP contribution in [0.15, 0.2) is 46.2 Å². The van der Waals surface area contributed by atoms with E-state index in [9.17, 15) is 14.4 Å². The smallest absolute Gasteiger partial charge is 0.303 e. The number of amides is 1. The van der Waals surface area contributed by atoms with Crippen LogP contribution in [0.3, 0.4) is 0 Å². The molecule has 3 aliphatic heterocycles. The maximum absolute atomic E-state index is 14.0. The van der Waals surface area contributed by atoms with Gasteiger partial charge >= 0.3 is 5.97 Å². The summed E-state index contributed by atoms with van der Waals surface area (Å²) < 4.78 is 13.1. The molecular weight excluding hydrogens is 663 g/mol. The third kappa shape index (κ3) is 8.63. The topological polar surface area (TPSA) is 117 Å². The van der Waals surface area contributed by atoms with E-state index in [1.807, 2.05) is 31.2 Å². The zero-order chi connectivity index (χ0) is 34.3. The van der Waals surface area contributed by atoms with Crippen molar-refractivity contribution in [3.8, 4) is 11.5 Å². The Balaban J connectivity index is 1.10. The average Bonchev–Trinajstić information content (AvgIpc) is 3.66. The van der Waals surface area contributed by atoms with Crippen molar-refractivity contribution >= 4 is 57.7 Å². The van der Waals surface area contributed by atoms with Gasteiger partial charge in [-0.1, -0.05) is 74.6 Å². The number of carbonyl (C=O) groups excluding carboxylic acids is 1. The van der Waals surface area contributed by atoms with Gasteiger partial charge in [0, 0.05) is 51.9 Å². The minimum Gasteiger partial charge on any atom is -0.481 e. The van der Waals surface area contributed by atoms with Crippen molar-refractivity contribution in [1.82, 2.24) is 19.2 Å². The summed E-state index contributed by atoms with van der Waals surface area (Å²) in [6, 6.07) is 9.86. The van der Waals surface area contributed by atoms with Gasteiger partial charge in [-0.05, 0) is 55.2 Å². The van der Waals surface area contributed by atoms with Crippen LogP contribution < -0.4 is 19.9 Å². The number of carboxylic acids is 1. The number of nitrogens with zero attached hydrogens (tertiary/aromatic N) is 5. The molecule has 0 radical (unpaired) electrons. The highest BCUT2D eigenvalue weighted by atomic mass is 32.2. The number of benzene rings is 1.